The first-order valence-electron chi connectivity index (χ1n) is 12.9. The van der Waals surface area contributed by atoms with Crippen molar-refractivity contribution in [3.8, 4) is 5.75 Å². The largest absolute Gasteiger partial charge is 0.508 e. The molecule has 0 spiro atoms. The number of amides is 4. The third-order valence-corrected chi connectivity index (χ3v) is 6.24. The molecular formula is C28H37N5O7. The number of carbonyl (C=O) groups is 5. The maximum atomic E-state index is 13.4. The van der Waals surface area contributed by atoms with Gasteiger partial charge in [0.25, 0.3) is 0 Å². The number of carboxylic acids is 1. The van der Waals surface area contributed by atoms with Crippen LogP contribution >= 0.6 is 0 Å². The number of nitrogens with one attached hydrogen (secondary N) is 3. The normalized spacial score (nSPS) is 13.9. The van der Waals surface area contributed by atoms with Crippen molar-refractivity contribution >= 4 is 29.6 Å². The van der Waals surface area contributed by atoms with Gasteiger partial charge in [-0.25, -0.2) is 4.79 Å². The topological polar surface area (TPSA) is 214 Å². The van der Waals surface area contributed by atoms with Gasteiger partial charge >= 0.3 is 5.97 Å². The summed E-state index contributed by atoms with van der Waals surface area (Å²) in [4.78, 5) is 62.6. The Balaban J connectivity index is 2.26. The molecule has 4 amide bonds. The molecule has 0 fully saturated rings. The van der Waals surface area contributed by atoms with E-state index in [4.69, 9.17) is 11.5 Å². The second-order valence-electron chi connectivity index (χ2n) is 9.86. The highest BCUT2D eigenvalue weighted by Gasteiger charge is 2.31. The van der Waals surface area contributed by atoms with Crippen molar-refractivity contribution in [2.75, 3.05) is 0 Å². The van der Waals surface area contributed by atoms with Crippen molar-refractivity contribution in [1.29, 1.82) is 0 Å². The molecule has 9 N–H and O–H groups in total. The molecule has 0 saturated heterocycles. The summed E-state index contributed by atoms with van der Waals surface area (Å²) in [5, 5.41) is 26.8. The van der Waals surface area contributed by atoms with Gasteiger partial charge in [0.05, 0.1) is 6.04 Å². The van der Waals surface area contributed by atoms with Crippen LogP contribution in [0.25, 0.3) is 0 Å². The van der Waals surface area contributed by atoms with Crippen molar-refractivity contribution in [3.05, 3.63) is 65.7 Å². The molecule has 0 heterocycles. The second kappa shape index (κ2) is 15.2. The van der Waals surface area contributed by atoms with E-state index in [9.17, 15) is 34.2 Å². The lowest BCUT2D eigenvalue weighted by Gasteiger charge is -2.26. The number of aromatic hydroxyl groups is 1. The summed E-state index contributed by atoms with van der Waals surface area (Å²) >= 11 is 0. The molecule has 4 unspecified atom stereocenters. The van der Waals surface area contributed by atoms with Crippen molar-refractivity contribution < 1.29 is 34.2 Å². The molecule has 0 saturated carbocycles. The molecule has 216 valence electrons. The molecule has 2 rings (SSSR count). The third kappa shape index (κ3) is 10.4. The second-order valence-corrected chi connectivity index (χ2v) is 9.86. The Labute approximate surface area is 232 Å². The highest BCUT2D eigenvalue weighted by atomic mass is 16.4. The van der Waals surface area contributed by atoms with Crippen LogP contribution < -0.4 is 27.4 Å². The molecule has 2 aromatic carbocycles. The summed E-state index contributed by atoms with van der Waals surface area (Å²) in [6.45, 7) is 3.50. The number of benzene rings is 2. The van der Waals surface area contributed by atoms with Gasteiger partial charge in [0.15, 0.2) is 0 Å². The lowest BCUT2D eigenvalue weighted by molar-refractivity contribution is -0.142. The van der Waals surface area contributed by atoms with Crippen LogP contribution in [-0.4, -0.2) is 64.0 Å². The van der Waals surface area contributed by atoms with Gasteiger partial charge in [-0.05, 0) is 35.6 Å². The van der Waals surface area contributed by atoms with E-state index in [1.165, 1.54) is 12.1 Å². The van der Waals surface area contributed by atoms with Crippen molar-refractivity contribution in [2.45, 2.75) is 63.7 Å². The Morgan fingerprint density at radius 2 is 1.25 bits per heavy atom. The van der Waals surface area contributed by atoms with Gasteiger partial charge in [0.1, 0.15) is 23.9 Å². The van der Waals surface area contributed by atoms with Crippen LogP contribution in [0.1, 0.15) is 37.8 Å². The van der Waals surface area contributed by atoms with E-state index in [0.29, 0.717) is 11.1 Å². The molecule has 4 atom stereocenters. The summed E-state index contributed by atoms with van der Waals surface area (Å²) in [5.74, 6) is -4.36. The average molecular weight is 556 g/mol. The number of primary amides is 1. The quantitative estimate of drug-likeness (QED) is 0.158. The smallest absolute Gasteiger partial charge is 0.326 e. The Bertz CT molecular complexity index is 1170. The van der Waals surface area contributed by atoms with Crippen LogP contribution in [0.2, 0.25) is 0 Å². The van der Waals surface area contributed by atoms with Crippen LogP contribution in [0.3, 0.4) is 0 Å². The van der Waals surface area contributed by atoms with Gasteiger partial charge in [-0.15, -0.1) is 0 Å². The summed E-state index contributed by atoms with van der Waals surface area (Å²) < 4.78 is 0. The van der Waals surface area contributed by atoms with Gasteiger partial charge in [-0.3, -0.25) is 19.2 Å². The molecule has 0 aromatic heterocycles. The maximum absolute atomic E-state index is 13.4. The van der Waals surface area contributed by atoms with Crippen LogP contribution in [0.5, 0.6) is 5.75 Å². The molecule has 12 heteroatoms. The van der Waals surface area contributed by atoms with Crippen LogP contribution in [0, 0.1) is 5.92 Å². The lowest BCUT2D eigenvalue weighted by Crippen LogP contribution is -2.58. The molecule has 0 aliphatic rings. The van der Waals surface area contributed by atoms with E-state index in [2.05, 4.69) is 16.0 Å². The number of rotatable bonds is 15. The van der Waals surface area contributed by atoms with Crippen molar-refractivity contribution in [3.63, 3.8) is 0 Å². The first-order chi connectivity index (χ1) is 18.9. The molecule has 40 heavy (non-hydrogen) atoms. The lowest BCUT2D eigenvalue weighted by atomic mass is 10.0. The van der Waals surface area contributed by atoms with E-state index in [0.717, 1.165) is 0 Å². The van der Waals surface area contributed by atoms with Crippen molar-refractivity contribution in [2.24, 2.45) is 17.4 Å². The fraction of sp³-hybridized carbons (Fsp3) is 0.393. The molecule has 2 aromatic rings. The fourth-order valence-electron chi connectivity index (χ4n) is 3.80. The minimum absolute atomic E-state index is 0.00140. The number of phenols is 1. The van der Waals surface area contributed by atoms with Crippen LogP contribution in [-0.2, 0) is 36.8 Å². The zero-order valence-corrected chi connectivity index (χ0v) is 22.5. The highest BCUT2D eigenvalue weighted by Crippen LogP contribution is 2.13. The first-order valence-corrected chi connectivity index (χ1v) is 12.9. The van der Waals surface area contributed by atoms with E-state index in [-0.39, 0.29) is 37.4 Å². The van der Waals surface area contributed by atoms with Gasteiger partial charge in [0.2, 0.25) is 23.6 Å². The summed E-state index contributed by atoms with van der Waals surface area (Å²) in [6.07, 6.45) is -0.471. The Hall–Kier alpha value is -4.45. The molecule has 0 bridgehead atoms. The zero-order chi connectivity index (χ0) is 29.8. The van der Waals surface area contributed by atoms with Crippen LogP contribution in [0.4, 0.5) is 0 Å². The number of nitrogens with two attached hydrogens (primary N) is 2. The SMILES string of the molecule is CC(C)C(N)C(=O)NC(Cc1ccc(O)cc1)C(=O)NC(CCC(N)=O)C(=O)NC(Cc1ccccc1)C(=O)O. The third-order valence-electron chi connectivity index (χ3n) is 6.24. The Morgan fingerprint density at radius 1 is 0.750 bits per heavy atom. The monoisotopic (exact) mass is 555 g/mol. The van der Waals surface area contributed by atoms with E-state index in [1.54, 1.807) is 56.3 Å². The number of carboxylic acid groups (broad SMARTS) is 1. The molecule has 0 radical (unpaired) electrons. The summed E-state index contributed by atoms with van der Waals surface area (Å²) in [6, 6.07) is 9.96. The number of hydrogen-bond acceptors (Lipinski definition) is 7. The number of aliphatic carboxylic acids is 1. The highest BCUT2D eigenvalue weighted by molar-refractivity contribution is 5.94. The predicted molar refractivity (Wildman–Crippen MR) is 147 cm³/mol. The van der Waals surface area contributed by atoms with Gasteiger partial charge in [0, 0.05) is 19.3 Å². The number of hydrogen-bond donors (Lipinski definition) is 7. The standard InChI is InChI=1S/C28H37N5O7/c1-16(2)24(30)27(38)32-21(14-18-8-10-19(34)11-9-18)26(37)31-20(12-13-23(29)35)25(36)33-22(28(39)40)15-17-6-4-3-5-7-17/h3-11,16,20-22,24,34H,12-15,30H2,1-2H3,(H2,29,35)(H,31,37)(H,32,38)(H,33,36)(H,39,40). The van der Waals surface area contributed by atoms with E-state index in [1.807, 2.05) is 0 Å². The summed E-state index contributed by atoms with van der Waals surface area (Å²) in [5.41, 5.74) is 12.5. The number of phenolic OH excluding ortho intramolecular Hbond substituents is 1. The predicted octanol–water partition coefficient (Wildman–Crippen LogP) is -0.0348. The minimum atomic E-state index is -1.32. The molecular weight excluding hydrogens is 518 g/mol. The Kier molecular flexibility index (Phi) is 12.1. The molecule has 0 aliphatic heterocycles. The van der Waals surface area contributed by atoms with Crippen molar-refractivity contribution in [1.82, 2.24) is 16.0 Å². The zero-order valence-electron chi connectivity index (χ0n) is 22.5. The van der Waals surface area contributed by atoms with Gasteiger partial charge in [-0.2, -0.15) is 0 Å². The Morgan fingerprint density at radius 3 is 1.80 bits per heavy atom. The molecule has 12 nitrogen and oxygen atoms in total. The maximum Gasteiger partial charge on any atom is 0.326 e. The fourth-order valence-corrected chi connectivity index (χ4v) is 3.80. The van der Waals surface area contributed by atoms with E-state index < -0.39 is 53.8 Å². The minimum Gasteiger partial charge on any atom is -0.508 e. The summed E-state index contributed by atoms with van der Waals surface area (Å²) in [7, 11) is 0. The molecule has 0 aliphatic carbocycles. The van der Waals surface area contributed by atoms with Gasteiger partial charge in [-0.1, -0.05) is 56.3 Å². The van der Waals surface area contributed by atoms with Gasteiger partial charge < -0.3 is 37.6 Å². The first kappa shape index (κ1) is 31.8. The van der Waals surface area contributed by atoms with Crippen LogP contribution in [0.15, 0.2) is 54.6 Å². The number of carbonyl (C=O) groups excluding carboxylic acids is 4. The average Bonchev–Trinajstić information content (AvgIpc) is 2.91. The van der Waals surface area contributed by atoms with E-state index >= 15 is 0 Å².